The lowest BCUT2D eigenvalue weighted by Crippen LogP contribution is -2.29. The van der Waals surface area contributed by atoms with Gasteiger partial charge in [0.2, 0.25) is 0 Å². The fourth-order valence-corrected chi connectivity index (χ4v) is 2.83. The topological polar surface area (TPSA) is 48.0 Å². The minimum atomic E-state index is 0. The van der Waals surface area contributed by atoms with Crippen molar-refractivity contribution in [2.45, 2.75) is 32.2 Å². The van der Waals surface area contributed by atoms with Crippen molar-refractivity contribution in [3.05, 3.63) is 29.5 Å². The maximum Gasteiger partial charge on any atom is 0.116 e. The molecule has 1 aromatic carbocycles. The Balaban J connectivity index is 0.00000120. The van der Waals surface area contributed by atoms with Crippen LogP contribution in [-0.4, -0.2) is 16.6 Å². The van der Waals surface area contributed by atoms with Gasteiger partial charge in [-0.15, -0.1) is 12.4 Å². The molecule has 0 saturated carbocycles. The van der Waals surface area contributed by atoms with Crippen molar-refractivity contribution in [3.63, 3.8) is 0 Å². The van der Waals surface area contributed by atoms with Gasteiger partial charge in [0.1, 0.15) is 5.75 Å². The Bertz CT molecular complexity index is 550. The van der Waals surface area contributed by atoms with E-state index in [1.807, 2.05) is 12.1 Å². The van der Waals surface area contributed by atoms with Crippen LogP contribution in [0.1, 0.15) is 37.1 Å². The molecular formula is C14H19ClN2O. The van der Waals surface area contributed by atoms with Crippen molar-refractivity contribution in [2.24, 2.45) is 0 Å². The number of aromatic hydroxyl groups is 1. The van der Waals surface area contributed by atoms with E-state index in [0.717, 1.165) is 24.9 Å². The van der Waals surface area contributed by atoms with E-state index >= 15 is 0 Å². The van der Waals surface area contributed by atoms with Gasteiger partial charge in [-0.2, -0.15) is 0 Å². The SMILES string of the molecule is CCCC1NCCc2c1[nH]c1ccc(O)cc21.Cl. The van der Waals surface area contributed by atoms with Crippen LogP contribution in [0.2, 0.25) is 0 Å². The smallest absolute Gasteiger partial charge is 0.116 e. The van der Waals surface area contributed by atoms with Crippen LogP contribution in [0.5, 0.6) is 5.75 Å². The molecule has 0 bridgehead atoms. The van der Waals surface area contributed by atoms with Gasteiger partial charge in [-0.05, 0) is 43.1 Å². The third-order valence-electron chi connectivity index (χ3n) is 3.61. The number of aromatic amines is 1. The Morgan fingerprint density at radius 1 is 1.39 bits per heavy atom. The first-order chi connectivity index (χ1) is 8.29. The zero-order valence-electron chi connectivity index (χ0n) is 10.5. The zero-order valence-corrected chi connectivity index (χ0v) is 11.3. The predicted octanol–water partition coefficient (Wildman–Crippen LogP) is 3.28. The predicted molar refractivity (Wildman–Crippen MR) is 76.6 cm³/mol. The van der Waals surface area contributed by atoms with E-state index in [9.17, 15) is 5.11 Å². The molecule has 2 heterocycles. The summed E-state index contributed by atoms with van der Waals surface area (Å²) >= 11 is 0. The van der Waals surface area contributed by atoms with Crippen LogP contribution in [0.15, 0.2) is 18.2 Å². The average Bonchev–Trinajstić information content (AvgIpc) is 2.69. The number of aromatic nitrogens is 1. The van der Waals surface area contributed by atoms with E-state index in [2.05, 4.69) is 17.2 Å². The Kier molecular flexibility index (Phi) is 3.83. The lowest BCUT2D eigenvalue weighted by Gasteiger charge is -2.23. The second-order valence-electron chi connectivity index (χ2n) is 4.79. The summed E-state index contributed by atoms with van der Waals surface area (Å²) in [5, 5.41) is 14.3. The molecule has 18 heavy (non-hydrogen) atoms. The molecule has 0 spiro atoms. The van der Waals surface area contributed by atoms with Crippen molar-refractivity contribution in [3.8, 4) is 5.75 Å². The standard InChI is InChI=1S/C14H18N2O.ClH/c1-2-3-13-14-10(6-7-15-13)11-8-9(17)4-5-12(11)16-14;/h4-5,8,13,15-17H,2-3,6-7H2,1H3;1H. The summed E-state index contributed by atoms with van der Waals surface area (Å²) in [4.78, 5) is 3.50. The van der Waals surface area contributed by atoms with Crippen LogP contribution in [0, 0.1) is 0 Å². The Morgan fingerprint density at radius 2 is 2.22 bits per heavy atom. The summed E-state index contributed by atoms with van der Waals surface area (Å²) in [5.74, 6) is 0.352. The Labute approximate surface area is 113 Å². The second-order valence-corrected chi connectivity index (χ2v) is 4.79. The summed E-state index contributed by atoms with van der Waals surface area (Å²) in [7, 11) is 0. The Hall–Kier alpha value is -1.19. The Morgan fingerprint density at radius 3 is 3.00 bits per heavy atom. The highest BCUT2D eigenvalue weighted by Crippen LogP contribution is 2.33. The van der Waals surface area contributed by atoms with E-state index in [1.165, 1.54) is 23.1 Å². The fraction of sp³-hybridized carbons (Fsp3) is 0.429. The normalized spacial score (nSPS) is 18.4. The molecule has 98 valence electrons. The van der Waals surface area contributed by atoms with Gasteiger partial charge in [-0.3, -0.25) is 0 Å². The highest BCUT2D eigenvalue weighted by molar-refractivity contribution is 5.86. The van der Waals surface area contributed by atoms with Crippen LogP contribution in [0.25, 0.3) is 10.9 Å². The fourth-order valence-electron chi connectivity index (χ4n) is 2.83. The van der Waals surface area contributed by atoms with E-state index < -0.39 is 0 Å². The quantitative estimate of drug-likeness (QED) is 0.781. The molecule has 2 aromatic rings. The minimum absolute atomic E-state index is 0. The van der Waals surface area contributed by atoms with Gasteiger partial charge in [0.25, 0.3) is 0 Å². The molecule has 3 N–H and O–H groups in total. The summed E-state index contributed by atoms with van der Waals surface area (Å²) in [6.45, 7) is 3.24. The van der Waals surface area contributed by atoms with Crippen molar-refractivity contribution >= 4 is 23.3 Å². The van der Waals surface area contributed by atoms with Gasteiger partial charge in [-0.1, -0.05) is 13.3 Å². The highest BCUT2D eigenvalue weighted by Gasteiger charge is 2.22. The molecule has 0 radical (unpaired) electrons. The van der Waals surface area contributed by atoms with Crippen LogP contribution in [0.4, 0.5) is 0 Å². The summed E-state index contributed by atoms with van der Waals surface area (Å²) in [6.07, 6.45) is 3.38. The summed E-state index contributed by atoms with van der Waals surface area (Å²) in [5.41, 5.74) is 3.84. The summed E-state index contributed by atoms with van der Waals surface area (Å²) in [6, 6.07) is 6.02. The second kappa shape index (κ2) is 5.21. The first-order valence-corrected chi connectivity index (χ1v) is 6.36. The summed E-state index contributed by atoms with van der Waals surface area (Å²) < 4.78 is 0. The number of hydrogen-bond donors (Lipinski definition) is 3. The van der Waals surface area contributed by atoms with Crippen LogP contribution < -0.4 is 5.32 Å². The maximum absolute atomic E-state index is 9.59. The maximum atomic E-state index is 9.59. The number of phenols is 1. The van der Waals surface area contributed by atoms with Crippen molar-refractivity contribution in [1.29, 1.82) is 0 Å². The van der Waals surface area contributed by atoms with Crippen molar-refractivity contribution in [2.75, 3.05) is 6.54 Å². The lowest BCUT2D eigenvalue weighted by molar-refractivity contribution is 0.464. The number of rotatable bonds is 2. The van der Waals surface area contributed by atoms with Crippen molar-refractivity contribution < 1.29 is 5.11 Å². The van der Waals surface area contributed by atoms with Crippen molar-refractivity contribution in [1.82, 2.24) is 10.3 Å². The van der Waals surface area contributed by atoms with Gasteiger partial charge in [0, 0.05) is 22.6 Å². The largest absolute Gasteiger partial charge is 0.508 e. The molecule has 0 fully saturated rings. The van der Waals surface area contributed by atoms with Gasteiger partial charge in [-0.25, -0.2) is 0 Å². The third kappa shape index (κ3) is 2.08. The van der Waals surface area contributed by atoms with E-state index in [4.69, 9.17) is 0 Å². The number of benzene rings is 1. The molecule has 1 aromatic heterocycles. The number of H-pyrrole nitrogens is 1. The molecule has 1 aliphatic heterocycles. The molecule has 1 unspecified atom stereocenters. The first kappa shape index (κ1) is 13.2. The third-order valence-corrected chi connectivity index (χ3v) is 3.61. The highest BCUT2D eigenvalue weighted by atomic mass is 35.5. The number of nitrogens with one attached hydrogen (secondary N) is 2. The molecular weight excluding hydrogens is 248 g/mol. The monoisotopic (exact) mass is 266 g/mol. The number of fused-ring (bicyclic) bond motifs is 3. The van der Waals surface area contributed by atoms with E-state index in [-0.39, 0.29) is 12.4 Å². The average molecular weight is 267 g/mol. The molecule has 1 atom stereocenters. The molecule has 3 rings (SSSR count). The van der Waals surface area contributed by atoms with E-state index in [1.54, 1.807) is 6.07 Å². The van der Waals surface area contributed by atoms with Gasteiger partial charge >= 0.3 is 0 Å². The van der Waals surface area contributed by atoms with E-state index in [0.29, 0.717) is 11.8 Å². The number of halogens is 1. The van der Waals surface area contributed by atoms with Gasteiger partial charge < -0.3 is 15.4 Å². The lowest BCUT2D eigenvalue weighted by atomic mass is 9.96. The van der Waals surface area contributed by atoms with Gasteiger partial charge in [0.05, 0.1) is 0 Å². The van der Waals surface area contributed by atoms with Crippen LogP contribution in [-0.2, 0) is 6.42 Å². The van der Waals surface area contributed by atoms with Gasteiger partial charge in [0.15, 0.2) is 0 Å². The molecule has 4 heteroatoms. The molecule has 3 nitrogen and oxygen atoms in total. The van der Waals surface area contributed by atoms with Crippen LogP contribution in [0.3, 0.4) is 0 Å². The van der Waals surface area contributed by atoms with Crippen LogP contribution >= 0.6 is 12.4 Å². The number of hydrogen-bond acceptors (Lipinski definition) is 2. The zero-order chi connectivity index (χ0) is 11.8. The first-order valence-electron chi connectivity index (χ1n) is 6.36. The molecule has 0 aliphatic carbocycles. The number of phenolic OH excluding ortho intramolecular Hbond substituents is 1. The molecule has 1 aliphatic rings. The minimum Gasteiger partial charge on any atom is -0.508 e. The molecule has 0 saturated heterocycles. The molecule has 0 amide bonds.